The summed E-state index contributed by atoms with van der Waals surface area (Å²) >= 11 is 0. The molecule has 0 saturated carbocycles. The minimum absolute atomic E-state index is 0.903. The van der Waals surface area contributed by atoms with E-state index in [4.69, 9.17) is 0 Å². The van der Waals surface area contributed by atoms with Crippen LogP contribution in [0.2, 0.25) is 0 Å². The SMILES string of the molecule is [CH2]CCC1CCN(c2ccncc2)CC1. The summed E-state index contributed by atoms with van der Waals surface area (Å²) in [4.78, 5) is 6.51. The van der Waals surface area contributed by atoms with Crippen molar-refractivity contribution in [3.05, 3.63) is 31.5 Å². The first-order valence-corrected chi connectivity index (χ1v) is 5.84. The minimum Gasteiger partial charge on any atom is -0.371 e. The highest BCUT2D eigenvalue weighted by atomic mass is 15.1. The molecule has 0 atom stereocenters. The zero-order valence-electron chi connectivity index (χ0n) is 9.23. The van der Waals surface area contributed by atoms with E-state index in [2.05, 4.69) is 28.9 Å². The maximum atomic E-state index is 4.05. The van der Waals surface area contributed by atoms with Crippen LogP contribution in [0.3, 0.4) is 0 Å². The summed E-state index contributed by atoms with van der Waals surface area (Å²) in [6.07, 6.45) is 8.76. The number of nitrogens with zero attached hydrogens (tertiary/aromatic N) is 2. The number of hydrogen-bond donors (Lipinski definition) is 0. The van der Waals surface area contributed by atoms with Gasteiger partial charge in [0.15, 0.2) is 0 Å². The van der Waals surface area contributed by atoms with Gasteiger partial charge in [-0.3, -0.25) is 4.98 Å². The van der Waals surface area contributed by atoms with Gasteiger partial charge in [-0.05, 0) is 30.9 Å². The molecule has 0 bridgehead atoms. The van der Waals surface area contributed by atoms with Gasteiger partial charge in [-0.1, -0.05) is 19.8 Å². The van der Waals surface area contributed by atoms with Gasteiger partial charge in [-0.25, -0.2) is 0 Å². The largest absolute Gasteiger partial charge is 0.371 e. The summed E-state index contributed by atoms with van der Waals surface area (Å²) < 4.78 is 0. The molecule has 2 heteroatoms. The Morgan fingerprint density at radius 3 is 2.53 bits per heavy atom. The van der Waals surface area contributed by atoms with Gasteiger partial charge >= 0.3 is 0 Å². The van der Waals surface area contributed by atoms with Crippen molar-refractivity contribution in [2.45, 2.75) is 25.7 Å². The van der Waals surface area contributed by atoms with Crippen molar-refractivity contribution >= 4 is 5.69 Å². The van der Waals surface area contributed by atoms with Crippen molar-refractivity contribution in [2.75, 3.05) is 18.0 Å². The first-order valence-electron chi connectivity index (χ1n) is 5.84. The second kappa shape index (κ2) is 5.15. The zero-order chi connectivity index (χ0) is 10.5. The molecular formula is C13H19N2. The van der Waals surface area contributed by atoms with Crippen LogP contribution < -0.4 is 4.90 Å². The minimum atomic E-state index is 0.903. The highest BCUT2D eigenvalue weighted by Crippen LogP contribution is 2.25. The highest BCUT2D eigenvalue weighted by Gasteiger charge is 2.18. The molecule has 1 radical (unpaired) electrons. The van der Waals surface area contributed by atoms with Crippen LogP contribution in [-0.2, 0) is 0 Å². The van der Waals surface area contributed by atoms with E-state index in [1.807, 2.05) is 12.4 Å². The third-order valence-electron chi connectivity index (χ3n) is 3.25. The van der Waals surface area contributed by atoms with Gasteiger partial charge in [0.05, 0.1) is 0 Å². The summed E-state index contributed by atoms with van der Waals surface area (Å²) in [5.74, 6) is 0.903. The normalized spacial score (nSPS) is 18.1. The number of aromatic nitrogens is 1. The standard InChI is InChI=1S/C13H19N2/c1-2-3-12-6-10-15(11-7-12)13-4-8-14-9-5-13/h4-5,8-9,12H,1-3,6-7,10-11H2. The van der Waals surface area contributed by atoms with Crippen LogP contribution in [0.5, 0.6) is 0 Å². The average Bonchev–Trinajstić information content (AvgIpc) is 2.32. The Morgan fingerprint density at radius 2 is 1.93 bits per heavy atom. The number of anilines is 1. The Labute approximate surface area is 92.3 Å². The lowest BCUT2D eigenvalue weighted by atomic mass is 9.92. The van der Waals surface area contributed by atoms with Gasteiger partial charge in [0.25, 0.3) is 0 Å². The lowest BCUT2D eigenvalue weighted by Gasteiger charge is -2.33. The fourth-order valence-electron chi connectivity index (χ4n) is 2.32. The number of hydrogen-bond acceptors (Lipinski definition) is 2. The van der Waals surface area contributed by atoms with Crippen molar-refractivity contribution in [1.29, 1.82) is 0 Å². The monoisotopic (exact) mass is 203 g/mol. The topological polar surface area (TPSA) is 16.1 Å². The summed E-state index contributed by atoms with van der Waals surface area (Å²) in [6.45, 7) is 6.31. The van der Waals surface area contributed by atoms with Gasteiger partial charge in [-0.2, -0.15) is 0 Å². The molecule has 0 aliphatic carbocycles. The fourth-order valence-corrected chi connectivity index (χ4v) is 2.32. The molecule has 1 aromatic heterocycles. The molecule has 0 aromatic carbocycles. The quantitative estimate of drug-likeness (QED) is 0.751. The second-order valence-corrected chi connectivity index (χ2v) is 4.28. The molecule has 1 aliphatic rings. The maximum absolute atomic E-state index is 4.05. The second-order valence-electron chi connectivity index (χ2n) is 4.28. The van der Waals surface area contributed by atoms with Crippen LogP contribution in [0.4, 0.5) is 5.69 Å². The van der Waals surface area contributed by atoms with Gasteiger partial charge in [0, 0.05) is 31.2 Å². The molecule has 1 aromatic rings. The molecule has 0 unspecified atom stereocenters. The molecule has 1 fully saturated rings. The van der Waals surface area contributed by atoms with Crippen molar-refractivity contribution in [3.8, 4) is 0 Å². The van der Waals surface area contributed by atoms with E-state index < -0.39 is 0 Å². The first kappa shape index (κ1) is 10.5. The predicted molar refractivity (Wildman–Crippen MR) is 63.8 cm³/mol. The summed E-state index contributed by atoms with van der Waals surface area (Å²) in [5.41, 5.74) is 1.32. The molecule has 0 amide bonds. The lowest BCUT2D eigenvalue weighted by Crippen LogP contribution is -2.33. The summed E-state index contributed by atoms with van der Waals surface area (Å²) in [6, 6.07) is 4.20. The Morgan fingerprint density at radius 1 is 1.27 bits per heavy atom. The maximum Gasteiger partial charge on any atom is 0.0397 e. The van der Waals surface area contributed by atoms with E-state index in [0.29, 0.717) is 0 Å². The lowest BCUT2D eigenvalue weighted by molar-refractivity contribution is 0.384. The van der Waals surface area contributed by atoms with Crippen molar-refractivity contribution in [2.24, 2.45) is 5.92 Å². The number of rotatable bonds is 3. The molecule has 0 N–H and O–H groups in total. The van der Waals surface area contributed by atoms with E-state index >= 15 is 0 Å². The fraction of sp³-hybridized carbons (Fsp3) is 0.538. The average molecular weight is 203 g/mol. The molecule has 15 heavy (non-hydrogen) atoms. The third-order valence-corrected chi connectivity index (χ3v) is 3.25. The van der Waals surface area contributed by atoms with Crippen LogP contribution in [0.25, 0.3) is 0 Å². The molecule has 81 valence electrons. The van der Waals surface area contributed by atoms with Crippen LogP contribution in [0.1, 0.15) is 25.7 Å². The Kier molecular flexibility index (Phi) is 3.59. The Bertz CT molecular complexity index is 276. The molecule has 0 spiro atoms. The van der Waals surface area contributed by atoms with Gasteiger partial charge in [-0.15, -0.1) is 0 Å². The molecule has 2 heterocycles. The summed E-state index contributed by atoms with van der Waals surface area (Å²) in [5, 5.41) is 0. The van der Waals surface area contributed by atoms with E-state index in [0.717, 1.165) is 12.3 Å². The third kappa shape index (κ3) is 2.71. The molecule has 1 aliphatic heterocycles. The molecule has 2 nitrogen and oxygen atoms in total. The van der Waals surface area contributed by atoms with E-state index in [1.54, 1.807) is 0 Å². The van der Waals surface area contributed by atoms with E-state index in [1.165, 1.54) is 38.0 Å². The highest BCUT2D eigenvalue weighted by molar-refractivity contribution is 5.44. The first-order chi connectivity index (χ1) is 7.40. The number of pyridine rings is 1. The van der Waals surface area contributed by atoms with Crippen molar-refractivity contribution in [1.82, 2.24) is 4.98 Å². The van der Waals surface area contributed by atoms with E-state index in [9.17, 15) is 0 Å². The van der Waals surface area contributed by atoms with Gasteiger partial charge in [0.2, 0.25) is 0 Å². The molecular weight excluding hydrogens is 184 g/mol. The Hall–Kier alpha value is -1.05. The number of piperidine rings is 1. The Balaban J connectivity index is 1.88. The van der Waals surface area contributed by atoms with Crippen LogP contribution in [0, 0.1) is 12.8 Å². The summed E-state index contributed by atoms with van der Waals surface area (Å²) in [7, 11) is 0. The van der Waals surface area contributed by atoms with E-state index in [-0.39, 0.29) is 0 Å². The van der Waals surface area contributed by atoms with Crippen LogP contribution in [0.15, 0.2) is 24.5 Å². The zero-order valence-corrected chi connectivity index (χ0v) is 9.23. The molecule has 1 saturated heterocycles. The van der Waals surface area contributed by atoms with Gasteiger partial charge < -0.3 is 4.90 Å². The van der Waals surface area contributed by atoms with Crippen LogP contribution in [-0.4, -0.2) is 18.1 Å². The molecule has 2 rings (SSSR count). The van der Waals surface area contributed by atoms with Crippen LogP contribution >= 0.6 is 0 Å². The van der Waals surface area contributed by atoms with Crippen molar-refractivity contribution < 1.29 is 0 Å². The smallest absolute Gasteiger partial charge is 0.0397 e. The van der Waals surface area contributed by atoms with Crippen molar-refractivity contribution in [3.63, 3.8) is 0 Å². The predicted octanol–water partition coefficient (Wildman–Crippen LogP) is 2.91. The van der Waals surface area contributed by atoms with Gasteiger partial charge in [0.1, 0.15) is 0 Å².